The molecule has 0 spiro atoms. The first kappa shape index (κ1) is 24.9. The lowest BCUT2D eigenvalue weighted by atomic mass is 10.1. The van der Waals surface area contributed by atoms with Gasteiger partial charge in [0.15, 0.2) is 0 Å². The van der Waals surface area contributed by atoms with Crippen molar-refractivity contribution in [2.45, 2.75) is 36.7 Å². The summed E-state index contributed by atoms with van der Waals surface area (Å²) < 4.78 is 71.6. The Bertz CT molecular complexity index is 1520. The number of carbonyl (C=O) groups excluding carboxylic acids is 1. The lowest BCUT2D eigenvalue weighted by molar-refractivity contribution is -0.137. The van der Waals surface area contributed by atoms with Gasteiger partial charge in [0.25, 0.3) is 10.0 Å². The molecule has 1 saturated heterocycles. The number of carbonyl (C=O) groups is 1. The van der Waals surface area contributed by atoms with Gasteiger partial charge in [-0.3, -0.25) is 14.8 Å². The van der Waals surface area contributed by atoms with Crippen molar-refractivity contribution in [3.63, 3.8) is 0 Å². The average Bonchev–Trinajstić information content (AvgIpc) is 3.55. The summed E-state index contributed by atoms with van der Waals surface area (Å²) in [5.41, 5.74) is 0.883. The lowest BCUT2D eigenvalue weighted by Gasteiger charge is -2.22. The molecule has 0 bridgehead atoms. The zero-order valence-electron chi connectivity index (χ0n) is 19.3. The number of alkyl halides is 3. The molecule has 192 valence electrons. The van der Waals surface area contributed by atoms with Crippen molar-refractivity contribution in [2.24, 2.45) is 0 Å². The predicted molar refractivity (Wildman–Crippen MR) is 127 cm³/mol. The molecule has 8 nitrogen and oxygen atoms in total. The van der Waals surface area contributed by atoms with E-state index < -0.39 is 33.7 Å². The molecule has 1 amide bonds. The number of hydrogen-bond donors (Lipinski definition) is 1. The van der Waals surface area contributed by atoms with Crippen molar-refractivity contribution >= 4 is 26.9 Å². The largest absolute Gasteiger partial charge is 0.443 e. The molecular weight excluding hydrogens is 509 g/mol. The van der Waals surface area contributed by atoms with E-state index in [-0.39, 0.29) is 18.2 Å². The Morgan fingerprint density at radius 1 is 1.11 bits per heavy atom. The van der Waals surface area contributed by atoms with Crippen LogP contribution in [0.1, 0.15) is 24.1 Å². The molecule has 1 atom stereocenters. The Morgan fingerprint density at radius 3 is 2.65 bits per heavy atom. The molecule has 0 radical (unpaired) electrons. The number of hydrogen-bond acceptors (Lipinski definition) is 6. The molecule has 1 aliphatic rings. The van der Waals surface area contributed by atoms with Gasteiger partial charge in [-0.15, -0.1) is 0 Å². The molecule has 1 aliphatic heterocycles. The van der Waals surface area contributed by atoms with Crippen molar-refractivity contribution in [3.05, 3.63) is 78.2 Å². The fourth-order valence-corrected chi connectivity index (χ4v) is 5.86. The number of benzene rings is 1. The van der Waals surface area contributed by atoms with Crippen LogP contribution >= 0.6 is 0 Å². The van der Waals surface area contributed by atoms with E-state index in [1.807, 2.05) is 0 Å². The van der Waals surface area contributed by atoms with Gasteiger partial charge in [0, 0.05) is 36.0 Å². The van der Waals surface area contributed by atoms with Crippen LogP contribution in [0.3, 0.4) is 0 Å². The lowest BCUT2D eigenvalue weighted by Crippen LogP contribution is -2.45. The fourth-order valence-electron chi connectivity index (χ4n) is 4.25. The molecule has 3 aromatic heterocycles. The van der Waals surface area contributed by atoms with E-state index in [0.29, 0.717) is 40.8 Å². The number of amides is 1. The SMILES string of the molecule is O=C(NCc1cc(-c2ccc(C(F)(F)F)cn2)ccn1)C1CCCN1S(=O)(=O)c1cc2ccccc2o1. The summed E-state index contributed by atoms with van der Waals surface area (Å²) in [7, 11) is -4.03. The van der Waals surface area contributed by atoms with E-state index in [0.717, 1.165) is 16.6 Å². The summed E-state index contributed by atoms with van der Waals surface area (Å²) in [6.07, 6.45) is -1.39. The van der Waals surface area contributed by atoms with Crippen LogP contribution in [0.5, 0.6) is 0 Å². The van der Waals surface area contributed by atoms with Crippen LogP contribution in [0.15, 0.2) is 76.5 Å². The topological polar surface area (TPSA) is 105 Å². The Morgan fingerprint density at radius 2 is 1.92 bits per heavy atom. The number of furan rings is 1. The third-order valence-electron chi connectivity index (χ3n) is 6.12. The van der Waals surface area contributed by atoms with Gasteiger partial charge in [-0.2, -0.15) is 17.5 Å². The summed E-state index contributed by atoms with van der Waals surface area (Å²) in [4.78, 5) is 21.0. The van der Waals surface area contributed by atoms with E-state index in [2.05, 4.69) is 15.3 Å². The third-order valence-corrected chi connectivity index (χ3v) is 7.88. The van der Waals surface area contributed by atoms with Gasteiger partial charge in [0.1, 0.15) is 11.6 Å². The van der Waals surface area contributed by atoms with Gasteiger partial charge in [0.05, 0.1) is 23.5 Å². The second kappa shape index (κ2) is 9.60. The quantitative estimate of drug-likeness (QED) is 0.397. The number of pyridine rings is 2. The molecule has 1 fully saturated rings. The van der Waals surface area contributed by atoms with Crippen molar-refractivity contribution in [1.82, 2.24) is 19.6 Å². The van der Waals surface area contributed by atoms with Crippen molar-refractivity contribution < 1.29 is 30.8 Å². The van der Waals surface area contributed by atoms with Gasteiger partial charge in [-0.05, 0) is 43.2 Å². The zero-order valence-corrected chi connectivity index (χ0v) is 20.1. The Kier molecular flexibility index (Phi) is 6.46. The molecule has 5 rings (SSSR count). The molecule has 1 unspecified atom stereocenters. The van der Waals surface area contributed by atoms with Gasteiger partial charge in [0.2, 0.25) is 11.0 Å². The van der Waals surface area contributed by atoms with E-state index in [1.165, 1.54) is 18.3 Å². The maximum Gasteiger partial charge on any atom is 0.417 e. The standard InChI is InChI=1S/C25H21F3N4O4S/c26-25(27,28)18-7-8-20(30-14-18)16-9-10-29-19(12-16)15-31-24(33)21-5-3-11-32(21)37(34,35)23-13-17-4-1-2-6-22(17)36-23/h1-2,4,6-10,12-14,21H,3,5,11,15H2,(H,31,33). The summed E-state index contributed by atoms with van der Waals surface area (Å²) >= 11 is 0. The number of aromatic nitrogens is 2. The molecule has 4 heterocycles. The summed E-state index contributed by atoms with van der Waals surface area (Å²) in [6.45, 7) is 0.188. The first-order chi connectivity index (χ1) is 17.6. The van der Waals surface area contributed by atoms with Crippen LogP contribution in [0.4, 0.5) is 13.2 Å². The van der Waals surface area contributed by atoms with Crippen LogP contribution in [0.25, 0.3) is 22.2 Å². The first-order valence-corrected chi connectivity index (χ1v) is 12.8. The number of sulfonamides is 1. The Labute approximate surface area is 210 Å². The highest BCUT2D eigenvalue weighted by molar-refractivity contribution is 7.89. The molecule has 1 N–H and O–H groups in total. The highest BCUT2D eigenvalue weighted by Gasteiger charge is 2.41. The normalized spacial score (nSPS) is 16.8. The highest BCUT2D eigenvalue weighted by Crippen LogP contribution is 2.31. The molecule has 37 heavy (non-hydrogen) atoms. The van der Waals surface area contributed by atoms with Crippen LogP contribution in [0, 0.1) is 0 Å². The van der Waals surface area contributed by atoms with Crippen LogP contribution in [0.2, 0.25) is 0 Å². The van der Waals surface area contributed by atoms with E-state index in [4.69, 9.17) is 4.42 Å². The minimum atomic E-state index is -4.48. The maximum atomic E-state index is 13.2. The van der Waals surface area contributed by atoms with Crippen LogP contribution < -0.4 is 5.32 Å². The van der Waals surface area contributed by atoms with Crippen molar-refractivity contribution in [2.75, 3.05) is 6.54 Å². The predicted octanol–water partition coefficient (Wildman–Crippen LogP) is 4.38. The highest BCUT2D eigenvalue weighted by atomic mass is 32.2. The number of rotatable bonds is 6. The number of nitrogens with one attached hydrogen (secondary N) is 1. The first-order valence-electron chi connectivity index (χ1n) is 11.4. The maximum absolute atomic E-state index is 13.2. The average molecular weight is 531 g/mol. The molecule has 0 saturated carbocycles. The third kappa shape index (κ3) is 5.07. The minimum Gasteiger partial charge on any atom is -0.443 e. The minimum absolute atomic E-state index is 0.00231. The second-order valence-electron chi connectivity index (χ2n) is 8.56. The number of fused-ring (bicyclic) bond motifs is 1. The van der Waals surface area contributed by atoms with E-state index in [1.54, 1.807) is 36.4 Å². The van der Waals surface area contributed by atoms with Gasteiger partial charge in [-0.25, -0.2) is 8.42 Å². The smallest absolute Gasteiger partial charge is 0.417 e. The van der Waals surface area contributed by atoms with Crippen LogP contribution in [-0.4, -0.2) is 41.2 Å². The van der Waals surface area contributed by atoms with Gasteiger partial charge < -0.3 is 9.73 Å². The molecule has 4 aromatic rings. The molecule has 12 heteroatoms. The molecular formula is C25H21F3N4O4S. The number of halogens is 3. The summed E-state index contributed by atoms with van der Waals surface area (Å²) in [5, 5.41) is 3.15. The van der Waals surface area contributed by atoms with E-state index >= 15 is 0 Å². The van der Waals surface area contributed by atoms with Crippen molar-refractivity contribution in [3.8, 4) is 11.3 Å². The molecule has 1 aromatic carbocycles. The summed E-state index contributed by atoms with van der Waals surface area (Å²) in [5.74, 6) is -0.475. The fraction of sp³-hybridized carbons (Fsp3) is 0.240. The number of para-hydroxylation sites is 1. The van der Waals surface area contributed by atoms with E-state index in [9.17, 15) is 26.4 Å². The summed E-state index contributed by atoms with van der Waals surface area (Å²) in [6, 6.07) is 12.9. The zero-order chi connectivity index (χ0) is 26.2. The Hall–Kier alpha value is -3.77. The van der Waals surface area contributed by atoms with Gasteiger partial charge in [-0.1, -0.05) is 18.2 Å². The monoisotopic (exact) mass is 530 g/mol. The number of nitrogens with zero attached hydrogens (tertiary/aromatic N) is 3. The second-order valence-corrected chi connectivity index (χ2v) is 10.4. The molecule has 0 aliphatic carbocycles. The van der Waals surface area contributed by atoms with Crippen LogP contribution in [-0.2, 0) is 27.5 Å². The van der Waals surface area contributed by atoms with Crippen molar-refractivity contribution in [1.29, 1.82) is 0 Å². The van der Waals surface area contributed by atoms with Gasteiger partial charge >= 0.3 is 6.18 Å². The Balaban J connectivity index is 1.28.